The molecule has 5 N–H and O–H groups in total. The van der Waals surface area contributed by atoms with E-state index < -0.39 is 0 Å². The Labute approximate surface area is 170 Å². The zero-order chi connectivity index (χ0) is 21.3. The van der Waals surface area contributed by atoms with E-state index in [9.17, 15) is 9.59 Å². The largest absolute Gasteiger partial charge is 0.368 e. The molecule has 0 radical (unpaired) electrons. The minimum absolute atomic E-state index is 0.00474. The summed E-state index contributed by atoms with van der Waals surface area (Å²) in [5, 5.41) is 10.1. The number of hydrogen-bond donors (Lipinski definition) is 4. The molecule has 1 amide bonds. The van der Waals surface area contributed by atoms with Gasteiger partial charge >= 0.3 is 0 Å². The maximum Gasteiger partial charge on any atom is 0.245 e. The molecule has 4 aromatic rings. The quantitative estimate of drug-likeness (QED) is 0.367. The lowest BCUT2D eigenvalue weighted by Crippen LogP contribution is -2.20. The number of rotatable bonds is 6. The Kier molecular flexibility index (Phi) is 4.88. The lowest BCUT2D eigenvalue weighted by Gasteiger charge is -2.09. The van der Waals surface area contributed by atoms with E-state index in [1.807, 2.05) is 13.8 Å². The molecule has 0 aromatic carbocycles. The van der Waals surface area contributed by atoms with Gasteiger partial charge in [-0.3, -0.25) is 9.59 Å². The van der Waals surface area contributed by atoms with Crippen LogP contribution in [0.4, 0.5) is 23.4 Å². The van der Waals surface area contributed by atoms with Crippen molar-refractivity contribution in [3.63, 3.8) is 0 Å². The van der Waals surface area contributed by atoms with Crippen molar-refractivity contribution in [2.45, 2.75) is 26.9 Å². The van der Waals surface area contributed by atoms with Crippen molar-refractivity contribution >= 4 is 40.5 Å². The highest BCUT2D eigenvalue weighted by molar-refractivity contribution is 5.92. The monoisotopic (exact) mass is 408 g/mol. The summed E-state index contributed by atoms with van der Waals surface area (Å²) in [6.07, 6.45) is 3.00. The third-order valence-electron chi connectivity index (χ3n) is 4.29. The van der Waals surface area contributed by atoms with Crippen LogP contribution >= 0.6 is 0 Å². The van der Waals surface area contributed by atoms with E-state index in [2.05, 4.69) is 35.7 Å². The number of aromatic nitrogens is 7. The molecule has 0 atom stereocenters. The van der Waals surface area contributed by atoms with Gasteiger partial charge in [0.25, 0.3) is 0 Å². The zero-order valence-electron chi connectivity index (χ0n) is 16.4. The first kappa shape index (κ1) is 19.1. The summed E-state index contributed by atoms with van der Waals surface area (Å²) in [5.41, 5.74) is 7.29. The van der Waals surface area contributed by atoms with Gasteiger partial charge in [0.05, 0.1) is 12.0 Å². The summed E-state index contributed by atoms with van der Waals surface area (Å²) in [6, 6.07) is 4.58. The van der Waals surface area contributed by atoms with Crippen LogP contribution < -0.4 is 21.8 Å². The Morgan fingerprint density at radius 2 is 2.13 bits per heavy atom. The summed E-state index contributed by atoms with van der Waals surface area (Å²) in [4.78, 5) is 39.7. The van der Waals surface area contributed by atoms with Crippen LogP contribution in [-0.2, 0) is 17.9 Å². The van der Waals surface area contributed by atoms with Crippen molar-refractivity contribution in [3.8, 4) is 0 Å². The molecule has 0 spiro atoms. The van der Waals surface area contributed by atoms with Gasteiger partial charge in [0.2, 0.25) is 11.9 Å². The molecular weight excluding hydrogens is 388 g/mol. The molecule has 0 aliphatic heterocycles. The molecule has 12 heteroatoms. The van der Waals surface area contributed by atoms with E-state index in [1.54, 1.807) is 15.3 Å². The van der Waals surface area contributed by atoms with E-state index in [-0.39, 0.29) is 23.8 Å². The van der Waals surface area contributed by atoms with Gasteiger partial charge in [0, 0.05) is 30.9 Å². The van der Waals surface area contributed by atoms with Crippen molar-refractivity contribution < 1.29 is 4.79 Å². The van der Waals surface area contributed by atoms with Crippen LogP contribution in [0.2, 0.25) is 0 Å². The van der Waals surface area contributed by atoms with Crippen molar-refractivity contribution in [1.29, 1.82) is 0 Å². The highest BCUT2D eigenvalue weighted by Crippen LogP contribution is 2.22. The number of nitrogens with one attached hydrogen (secondary N) is 3. The van der Waals surface area contributed by atoms with Crippen molar-refractivity contribution in [2.75, 3.05) is 16.4 Å². The first-order valence-corrected chi connectivity index (χ1v) is 9.21. The van der Waals surface area contributed by atoms with Crippen LogP contribution in [0, 0.1) is 6.92 Å². The van der Waals surface area contributed by atoms with Crippen LogP contribution in [0.15, 0.2) is 35.5 Å². The SMILES string of the molecule is CCn1nc(C)cc1NC(=O)Cn1cnc2c(Nc3cc(=O)cc[nH]3)nc(N)nc21. The van der Waals surface area contributed by atoms with Crippen LogP contribution in [0.3, 0.4) is 0 Å². The second kappa shape index (κ2) is 7.66. The molecule has 0 bridgehead atoms. The molecule has 0 aliphatic carbocycles. The van der Waals surface area contributed by atoms with Gasteiger partial charge in [-0.2, -0.15) is 15.1 Å². The lowest BCUT2D eigenvalue weighted by atomic mass is 10.4. The average Bonchev–Trinajstić information content (AvgIpc) is 3.24. The van der Waals surface area contributed by atoms with Gasteiger partial charge in [-0.1, -0.05) is 0 Å². The number of fused-ring (bicyclic) bond motifs is 1. The Bertz CT molecular complexity index is 1290. The maximum atomic E-state index is 12.6. The molecule has 0 saturated carbocycles. The molecule has 4 rings (SSSR count). The summed E-state index contributed by atoms with van der Waals surface area (Å²) in [6.45, 7) is 4.42. The maximum absolute atomic E-state index is 12.6. The smallest absolute Gasteiger partial charge is 0.245 e. The van der Waals surface area contributed by atoms with E-state index >= 15 is 0 Å². The van der Waals surface area contributed by atoms with Gasteiger partial charge in [-0.25, -0.2) is 9.67 Å². The Morgan fingerprint density at radius 1 is 1.30 bits per heavy atom. The fourth-order valence-corrected chi connectivity index (χ4v) is 3.03. The van der Waals surface area contributed by atoms with Crippen LogP contribution in [0.25, 0.3) is 11.2 Å². The highest BCUT2D eigenvalue weighted by atomic mass is 16.2. The van der Waals surface area contributed by atoms with E-state index in [4.69, 9.17) is 5.73 Å². The molecule has 0 aliphatic rings. The minimum atomic E-state index is -0.261. The molecule has 0 saturated heterocycles. The number of nitrogen functional groups attached to an aromatic ring is 1. The number of pyridine rings is 1. The first-order chi connectivity index (χ1) is 14.4. The lowest BCUT2D eigenvalue weighted by molar-refractivity contribution is -0.116. The molecule has 0 unspecified atom stereocenters. The Hall–Kier alpha value is -4.22. The third kappa shape index (κ3) is 3.83. The highest BCUT2D eigenvalue weighted by Gasteiger charge is 2.16. The zero-order valence-corrected chi connectivity index (χ0v) is 16.4. The van der Waals surface area contributed by atoms with Gasteiger partial charge in [0.15, 0.2) is 22.4 Å². The summed E-state index contributed by atoms with van der Waals surface area (Å²) in [5.74, 6) is 1.11. The average molecular weight is 408 g/mol. The van der Waals surface area contributed by atoms with Gasteiger partial charge in [-0.15, -0.1) is 0 Å². The number of hydrogen-bond acceptors (Lipinski definition) is 8. The number of carbonyl (C=O) groups is 1. The van der Waals surface area contributed by atoms with Crippen LogP contribution in [0.1, 0.15) is 12.6 Å². The first-order valence-electron chi connectivity index (χ1n) is 9.21. The summed E-state index contributed by atoms with van der Waals surface area (Å²) >= 11 is 0. The van der Waals surface area contributed by atoms with Gasteiger partial charge in [-0.05, 0) is 13.8 Å². The molecule has 154 valence electrons. The predicted octanol–water partition coefficient (Wildman–Crippen LogP) is 1.00. The van der Waals surface area contributed by atoms with Crippen molar-refractivity contribution in [3.05, 3.63) is 46.6 Å². The second-order valence-corrected chi connectivity index (χ2v) is 6.57. The topological polar surface area (TPSA) is 161 Å². The number of H-pyrrole nitrogens is 1. The molecular formula is C18H20N10O2. The fourth-order valence-electron chi connectivity index (χ4n) is 3.03. The number of nitrogens with two attached hydrogens (primary N) is 1. The van der Waals surface area contributed by atoms with E-state index in [0.717, 1.165) is 5.69 Å². The number of anilines is 4. The third-order valence-corrected chi connectivity index (χ3v) is 4.29. The molecule has 12 nitrogen and oxygen atoms in total. The predicted molar refractivity (Wildman–Crippen MR) is 111 cm³/mol. The minimum Gasteiger partial charge on any atom is -0.368 e. The summed E-state index contributed by atoms with van der Waals surface area (Å²) < 4.78 is 3.28. The Balaban J connectivity index is 1.60. The van der Waals surface area contributed by atoms with E-state index in [0.29, 0.717) is 35.2 Å². The number of imidazole rings is 1. The summed E-state index contributed by atoms with van der Waals surface area (Å²) in [7, 11) is 0. The molecule has 30 heavy (non-hydrogen) atoms. The van der Waals surface area contributed by atoms with Gasteiger partial charge in [0.1, 0.15) is 18.2 Å². The number of aryl methyl sites for hydroxylation is 2. The number of nitrogens with zero attached hydrogens (tertiary/aromatic N) is 6. The fraction of sp³-hybridized carbons (Fsp3) is 0.222. The van der Waals surface area contributed by atoms with Crippen molar-refractivity contribution in [1.82, 2.24) is 34.3 Å². The molecule has 0 fully saturated rings. The van der Waals surface area contributed by atoms with E-state index in [1.165, 1.54) is 24.7 Å². The number of carbonyl (C=O) groups excluding carboxylic acids is 1. The van der Waals surface area contributed by atoms with Crippen LogP contribution in [-0.4, -0.2) is 40.2 Å². The standard InChI is InChI=1S/C18H20N10O2/c1-3-28-13(6-10(2)26-28)23-14(30)8-27-9-21-15-16(24-18(19)25-17(15)27)22-12-7-11(29)4-5-20-12/h4-7,9H,3,8H2,1-2H3,(H,23,30)(H4,19,20,22,24,25,29). The molecule has 4 heterocycles. The second-order valence-electron chi connectivity index (χ2n) is 6.57. The Morgan fingerprint density at radius 3 is 2.90 bits per heavy atom. The number of aromatic amines is 1. The van der Waals surface area contributed by atoms with Crippen molar-refractivity contribution in [2.24, 2.45) is 0 Å². The normalized spacial score (nSPS) is 11.0. The number of amides is 1. The molecule has 4 aromatic heterocycles. The van der Waals surface area contributed by atoms with Crippen LogP contribution in [0.5, 0.6) is 0 Å². The van der Waals surface area contributed by atoms with Gasteiger partial charge < -0.3 is 25.9 Å².